The van der Waals surface area contributed by atoms with Crippen molar-refractivity contribution in [3.63, 3.8) is 0 Å². The van der Waals surface area contributed by atoms with Gasteiger partial charge in [0.25, 0.3) is 0 Å². The van der Waals surface area contributed by atoms with Crippen molar-refractivity contribution >= 4 is 0 Å². The van der Waals surface area contributed by atoms with Crippen molar-refractivity contribution in [3.8, 4) is 6.07 Å². The van der Waals surface area contributed by atoms with E-state index in [9.17, 15) is 5.11 Å². The summed E-state index contributed by atoms with van der Waals surface area (Å²) in [4.78, 5) is 0. The molecule has 1 aromatic carbocycles. The minimum Gasteiger partial charge on any atom is -0.396 e. The van der Waals surface area contributed by atoms with Crippen molar-refractivity contribution < 1.29 is 5.11 Å². The Morgan fingerprint density at radius 2 is 2.05 bits per heavy atom. The van der Waals surface area contributed by atoms with Crippen molar-refractivity contribution in [2.24, 2.45) is 5.41 Å². The molecule has 0 aromatic heterocycles. The molecule has 1 saturated carbocycles. The molecule has 0 spiro atoms. The fourth-order valence-corrected chi connectivity index (χ4v) is 2.92. The van der Waals surface area contributed by atoms with Gasteiger partial charge < -0.3 is 10.4 Å². The van der Waals surface area contributed by atoms with Gasteiger partial charge in [-0.05, 0) is 30.5 Å². The Kier molecular flexibility index (Phi) is 4.95. The Labute approximate surface area is 115 Å². The molecule has 0 atom stereocenters. The molecule has 0 amide bonds. The lowest BCUT2D eigenvalue weighted by molar-refractivity contribution is 0.0810. The average molecular weight is 258 g/mol. The van der Waals surface area contributed by atoms with Gasteiger partial charge in [-0.2, -0.15) is 5.26 Å². The number of benzene rings is 1. The molecular formula is C16H22N2O. The van der Waals surface area contributed by atoms with Crippen LogP contribution in [0.15, 0.2) is 24.3 Å². The minimum absolute atomic E-state index is 0.0745. The van der Waals surface area contributed by atoms with Crippen molar-refractivity contribution in [2.75, 3.05) is 13.2 Å². The highest BCUT2D eigenvalue weighted by molar-refractivity contribution is 5.32. The first kappa shape index (κ1) is 14.0. The highest BCUT2D eigenvalue weighted by Gasteiger charge is 2.30. The second-order valence-corrected chi connectivity index (χ2v) is 5.63. The van der Waals surface area contributed by atoms with Crippen LogP contribution in [0.25, 0.3) is 0 Å². The average Bonchev–Trinajstić information content (AvgIpc) is 2.48. The van der Waals surface area contributed by atoms with Crippen LogP contribution in [-0.4, -0.2) is 18.3 Å². The number of nitriles is 1. The van der Waals surface area contributed by atoms with Crippen molar-refractivity contribution in [1.82, 2.24) is 5.32 Å². The molecule has 102 valence electrons. The third-order valence-electron chi connectivity index (χ3n) is 4.13. The molecule has 0 saturated heterocycles. The number of hydrogen-bond acceptors (Lipinski definition) is 3. The molecule has 0 heterocycles. The van der Waals surface area contributed by atoms with Gasteiger partial charge in [-0.15, -0.1) is 0 Å². The van der Waals surface area contributed by atoms with Crippen LogP contribution in [0.5, 0.6) is 0 Å². The maximum absolute atomic E-state index is 9.64. The Balaban J connectivity index is 1.86. The lowest BCUT2D eigenvalue weighted by Crippen LogP contribution is -2.38. The first-order valence-electron chi connectivity index (χ1n) is 7.09. The number of nitrogens with one attached hydrogen (secondary N) is 1. The van der Waals surface area contributed by atoms with Crippen molar-refractivity contribution in [2.45, 2.75) is 38.6 Å². The van der Waals surface area contributed by atoms with E-state index in [2.05, 4.69) is 11.4 Å². The number of aliphatic hydroxyl groups excluding tert-OH is 1. The van der Waals surface area contributed by atoms with Gasteiger partial charge in [0.05, 0.1) is 11.6 Å². The third kappa shape index (κ3) is 3.79. The lowest BCUT2D eigenvalue weighted by Gasteiger charge is -2.35. The van der Waals surface area contributed by atoms with E-state index >= 15 is 0 Å². The molecule has 19 heavy (non-hydrogen) atoms. The molecule has 1 aliphatic carbocycles. The molecule has 1 fully saturated rings. The van der Waals surface area contributed by atoms with Crippen LogP contribution in [0.2, 0.25) is 0 Å². The predicted octanol–water partition coefficient (Wildman–Crippen LogP) is 2.59. The summed E-state index contributed by atoms with van der Waals surface area (Å²) in [7, 11) is 0. The monoisotopic (exact) mass is 258 g/mol. The molecule has 0 radical (unpaired) electrons. The summed E-state index contributed by atoms with van der Waals surface area (Å²) in [6.45, 7) is 1.90. The quantitative estimate of drug-likeness (QED) is 0.853. The summed E-state index contributed by atoms with van der Waals surface area (Å²) in [6.07, 6.45) is 5.99. The lowest BCUT2D eigenvalue weighted by atomic mass is 9.74. The van der Waals surface area contributed by atoms with Crippen LogP contribution < -0.4 is 5.32 Å². The van der Waals surface area contributed by atoms with Crippen LogP contribution in [0.1, 0.15) is 43.2 Å². The van der Waals surface area contributed by atoms with Gasteiger partial charge in [-0.25, -0.2) is 0 Å². The fraction of sp³-hybridized carbons (Fsp3) is 0.562. The molecule has 1 aromatic rings. The van der Waals surface area contributed by atoms with Gasteiger partial charge in [0, 0.05) is 25.1 Å². The summed E-state index contributed by atoms with van der Waals surface area (Å²) in [5.41, 5.74) is 1.90. The van der Waals surface area contributed by atoms with Gasteiger partial charge in [-0.3, -0.25) is 0 Å². The van der Waals surface area contributed by atoms with Gasteiger partial charge >= 0.3 is 0 Å². The van der Waals surface area contributed by atoms with Gasteiger partial charge in [0.1, 0.15) is 0 Å². The zero-order valence-corrected chi connectivity index (χ0v) is 11.4. The largest absolute Gasteiger partial charge is 0.396 e. The van der Waals surface area contributed by atoms with E-state index in [0.29, 0.717) is 5.56 Å². The molecule has 0 aliphatic heterocycles. The maximum atomic E-state index is 9.64. The predicted molar refractivity (Wildman–Crippen MR) is 75.5 cm³/mol. The molecular weight excluding hydrogens is 236 g/mol. The summed E-state index contributed by atoms with van der Waals surface area (Å²) in [6, 6.07) is 9.84. The van der Waals surface area contributed by atoms with Crippen LogP contribution in [-0.2, 0) is 6.54 Å². The SMILES string of the molecule is N#Cc1cccc(CNCC2(CO)CCCCC2)c1. The number of aliphatic hydroxyl groups is 1. The Morgan fingerprint density at radius 1 is 1.26 bits per heavy atom. The molecule has 1 aliphatic rings. The van der Waals surface area contributed by atoms with Gasteiger partial charge in [0.15, 0.2) is 0 Å². The third-order valence-corrected chi connectivity index (χ3v) is 4.13. The summed E-state index contributed by atoms with van der Waals surface area (Å²) < 4.78 is 0. The molecule has 2 N–H and O–H groups in total. The molecule has 3 nitrogen and oxygen atoms in total. The fourth-order valence-electron chi connectivity index (χ4n) is 2.92. The Hall–Kier alpha value is -1.37. The molecule has 2 rings (SSSR count). The van der Waals surface area contributed by atoms with E-state index in [0.717, 1.165) is 31.5 Å². The minimum atomic E-state index is 0.0745. The number of nitrogens with zero attached hydrogens (tertiary/aromatic N) is 1. The highest BCUT2D eigenvalue weighted by Crippen LogP contribution is 2.35. The smallest absolute Gasteiger partial charge is 0.0991 e. The van der Waals surface area contributed by atoms with Gasteiger partial charge in [-0.1, -0.05) is 31.4 Å². The first-order valence-corrected chi connectivity index (χ1v) is 7.09. The zero-order valence-electron chi connectivity index (χ0n) is 11.4. The highest BCUT2D eigenvalue weighted by atomic mass is 16.3. The van der Waals surface area contributed by atoms with E-state index < -0.39 is 0 Å². The Bertz CT molecular complexity index is 444. The van der Waals surface area contributed by atoms with Crippen LogP contribution in [0.3, 0.4) is 0 Å². The van der Waals surface area contributed by atoms with E-state index in [1.165, 1.54) is 19.3 Å². The Morgan fingerprint density at radius 3 is 2.74 bits per heavy atom. The van der Waals surface area contributed by atoms with Crippen molar-refractivity contribution in [1.29, 1.82) is 5.26 Å². The van der Waals surface area contributed by atoms with E-state index in [4.69, 9.17) is 5.26 Å². The van der Waals surface area contributed by atoms with E-state index in [1.54, 1.807) is 0 Å². The van der Waals surface area contributed by atoms with E-state index in [1.807, 2.05) is 24.3 Å². The number of rotatable bonds is 5. The zero-order chi connectivity index (χ0) is 13.6. The standard InChI is InChI=1S/C16H22N2O/c17-10-14-5-4-6-15(9-14)11-18-12-16(13-19)7-2-1-3-8-16/h4-6,9,18-19H,1-3,7-8,11-13H2. The second-order valence-electron chi connectivity index (χ2n) is 5.63. The normalized spacial score (nSPS) is 17.9. The molecule has 0 bridgehead atoms. The van der Waals surface area contributed by atoms with E-state index in [-0.39, 0.29) is 12.0 Å². The number of hydrogen-bond donors (Lipinski definition) is 2. The van der Waals surface area contributed by atoms with Crippen LogP contribution >= 0.6 is 0 Å². The summed E-state index contributed by atoms with van der Waals surface area (Å²) >= 11 is 0. The van der Waals surface area contributed by atoms with Crippen molar-refractivity contribution in [3.05, 3.63) is 35.4 Å². The summed E-state index contributed by atoms with van der Waals surface area (Å²) in [5, 5.41) is 21.9. The summed E-state index contributed by atoms with van der Waals surface area (Å²) in [5.74, 6) is 0. The molecule has 0 unspecified atom stereocenters. The molecule has 3 heteroatoms. The second kappa shape index (κ2) is 6.70. The van der Waals surface area contributed by atoms with Crippen LogP contribution in [0.4, 0.5) is 0 Å². The maximum Gasteiger partial charge on any atom is 0.0991 e. The topological polar surface area (TPSA) is 56.0 Å². The van der Waals surface area contributed by atoms with Crippen LogP contribution in [0, 0.1) is 16.7 Å². The van der Waals surface area contributed by atoms with Gasteiger partial charge in [0.2, 0.25) is 0 Å². The first-order chi connectivity index (χ1) is 9.28.